The number of anilines is 1. The van der Waals surface area contributed by atoms with Crippen LogP contribution in [0.15, 0.2) is 29.3 Å². The fourth-order valence-electron chi connectivity index (χ4n) is 1.78. The van der Waals surface area contributed by atoms with Gasteiger partial charge in [-0.2, -0.15) is 5.10 Å². The molecule has 0 aliphatic heterocycles. The summed E-state index contributed by atoms with van der Waals surface area (Å²) in [5.74, 6) is -0.735. The van der Waals surface area contributed by atoms with Gasteiger partial charge in [-0.1, -0.05) is 11.6 Å². The molecule has 1 heterocycles. The van der Waals surface area contributed by atoms with E-state index >= 15 is 0 Å². The van der Waals surface area contributed by atoms with Gasteiger partial charge in [0.1, 0.15) is 10.7 Å². The van der Waals surface area contributed by atoms with Crippen molar-refractivity contribution >= 4 is 27.3 Å². The van der Waals surface area contributed by atoms with Gasteiger partial charge in [0.05, 0.1) is 17.6 Å². The van der Waals surface area contributed by atoms with Gasteiger partial charge in [-0.05, 0) is 32.0 Å². The van der Waals surface area contributed by atoms with Gasteiger partial charge in [0.25, 0.3) is 10.0 Å². The second-order valence-corrected chi connectivity index (χ2v) is 6.23. The third-order valence-corrected chi connectivity index (χ3v) is 4.53. The van der Waals surface area contributed by atoms with Crippen molar-refractivity contribution in [3.05, 3.63) is 40.9 Å². The Bertz CT molecular complexity index is 743. The van der Waals surface area contributed by atoms with Crippen molar-refractivity contribution in [2.75, 3.05) is 4.72 Å². The topological polar surface area (TPSA) is 64.0 Å². The van der Waals surface area contributed by atoms with Crippen LogP contribution in [0.25, 0.3) is 0 Å². The number of hydrogen-bond acceptors (Lipinski definition) is 3. The molecule has 0 bridgehead atoms. The number of nitrogens with zero attached hydrogens (tertiary/aromatic N) is 2. The van der Waals surface area contributed by atoms with Gasteiger partial charge >= 0.3 is 0 Å². The molecule has 5 nitrogen and oxygen atoms in total. The van der Waals surface area contributed by atoms with Gasteiger partial charge in [-0.3, -0.25) is 9.40 Å². The summed E-state index contributed by atoms with van der Waals surface area (Å²) in [5, 5.41) is 4.16. The van der Waals surface area contributed by atoms with Gasteiger partial charge in [-0.25, -0.2) is 12.8 Å². The molecule has 2 rings (SSSR count). The van der Waals surface area contributed by atoms with Crippen LogP contribution in [0, 0.1) is 12.7 Å². The molecule has 0 aliphatic rings. The molecule has 2 aromatic rings. The molecule has 0 atom stereocenters. The van der Waals surface area contributed by atoms with Crippen LogP contribution < -0.4 is 4.72 Å². The highest BCUT2D eigenvalue weighted by Gasteiger charge is 2.21. The van der Waals surface area contributed by atoms with Crippen LogP contribution >= 0.6 is 11.6 Å². The molecule has 0 aliphatic carbocycles. The average Bonchev–Trinajstić information content (AvgIpc) is 2.74. The molecular formula is C12H13ClFN3O2S. The number of sulfonamides is 1. The number of hydrogen-bond donors (Lipinski definition) is 1. The van der Waals surface area contributed by atoms with E-state index < -0.39 is 15.8 Å². The highest BCUT2D eigenvalue weighted by atomic mass is 35.5. The Balaban J connectivity index is 2.38. The summed E-state index contributed by atoms with van der Waals surface area (Å²) in [6.45, 7) is 4.04. The van der Waals surface area contributed by atoms with Gasteiger partial charge in [0, 0.05) is 11.6 Å². The maximum absolute atomic E-state index is 13.6. The molecule has 0 amide bonds. The zero-order valence-electron chi connectivity index (χ0n) is 10.9. The number of rotatable bonds is 4. The summed E-state index contributed by atoms with van der Waals surface area (Å²) in [7, 11) is -3.89. The van der Waals surface area contributed by atoms with Crippen molar-refractivity contribution in [2.45, 2.75) is 25.3 Å². The van der Waals surface area contributed by atoms with Crippen LogP contribution in [-0.2, 0) is 16.6 Å². The summed E-state index contributed by atoms with van der Waals surface area (Å²) in [6.07, 6.45) is 1.25. The van der Waals surface area contributed by atoms with Crippen LogP contribution in [0.2, 0.25) is 5.02 Å². The molecule has 0 spiro atoms. The lowest BCUT2D eigenvalue weighted by atomic mass is 10.3. The first-order valence-electron chi connectivity index (χ1n) is 5.85. The Morgan fingerprint density at radius 1 is 1.45 bits per heavy atom. The first-order chi connectivity index (χ1) is 9.35. The molecule has 20 heavy (non-hydrogen) atoms. The van der Waals surface area contributed by atoms with Crippen LogP contribution in [0.3, 0.4) is 0 Å². The molecule has 0 radical (unpaired) electrons. The molecule has 8 heteroatoms. The summed E-state index contributed by atoms with van der Waals surface area (Å²) >= 11 is 5.62. The van der Waals surface area contributed by atoms with Crippen molar-refractivity contribution < 1.29 is 12.8 Å². The second kappa shape index (κ2) is 5.41. The minimum absolute atomic E-state index is 0.0219. The second-order valence-electron chi connectivity index (χ2n) is 4.14. The van der Waals surface area contributed by atoms with Crippen molar-refractivity contribution in [1.82, 2.24) is 9.78 Å². The van der Waals surface area contributed by atoms with Gasteiger partial charge in [0.15, 0.2) is 0 Å². The quantitative estimate of drug-likeness (QED) is 0.943. The summed E-state index contributed by atoms with van der Waals surface area (Å²) in [6, 6.07) is 3.72. The van der Waals surface area contributed by atoms with Gasteiger partial charge in [-0.15, -0.1) is 0 Å². The highest BCUT2D eigenvalue weighted by molar-refractivity contribution is 7.92. The predicted molar refractivity (Wildman–Crippen MR) is 74.9 cm³/mol. The Morgan fingerprint density at radius 2 is 2.15 bits per heavy atom. The van der Waals surface area contributed by atoms with Crippen molar-refractivity contribution in [3.8, 4) is 0 Å². The van der Waals surface area contributed by atoms with E-state index in [9.17, 15) is 12.8 Å². The Morgan fingerprint density at radius 3 is 2.70 bits per heavy atom. The van der Waals surface area contributed by atoms with E-state index in [1.54, 1.807) is 11.6 Å². The standard InChI is InChI=1S/C12H13ClFN3O2S/c1-3-17-8(2)12(7-15-17)20(18,19)16-11-5-4-9(13)6-10(11)14/h4-7,16H,3H2,1-2H3. The van der Waals surface area contributed by atoms with E-state index in [-0.39, 0.29) is 15.6 Å². The molecule has 0 fully saturated rings. The minimum atomic E-state index is -3.89. The number of aryl methyl sites for hydroxylation is 1. The number of aromatic nitrogens is 2. The Kier molecular flexibility index (Phi) is 4.01. The van der Waals surface area contributed by atoms with E-state index in [1.807, 2.05) is 6.92 Å². The monoisotopic (exact) mass is 317 g/mol. The van der Waals surface area contributed by atoms with E-state index in [0.29, 0.717) is 12.2 Å². The fraction of sp³-hybridized carbons (Fsp3) is 0.250. The Labute approximate surface area is 121 Å². The van der Waals surface area contributed by atoms with Crippen LogP contribution in [0.1, 0.15) is 12.6 Å². The van der Waals surface area contributed by atoms with E-state index in [0.717, 1.165) is 6.07 Å². The molecule has 0 saturated heterocycles. The summed E-state index contributed by atoms with van der Waals surface area (Å²) in [4.78, 5) is 0.0219. The third kappa shape index (κ3) is 2.78. The van der Waals surface area contributed by atoms with Crippen molar-refractivity contribution in [2.24, 2.45) is 0 Å². The van der Waals surface area contributed by atoms with Crippen molar-refractivity contribution in [3.63, 3.8) is 0 Å². The lowest BCUT2D eigenvalue weighted by molar-refractivity contribution is 0.596. The molecular weight excluding hydrogens is 305 g/mol. The lowest BCUT2D eigenvalue weighted by Gasteiger charge is -2.09. The Hall–Kier alpha value is -1.60. The predicted octanol–water partition coefficient (Wildman–Crippen LogP) is 2.80. The SMILES string of the molecule is CCn1ncc(S(=O)(=O)Nc2ccc(Cl)cc2F)c1C. The smallest absolute Gasteiger partial charge is 0.265 e. The molecule has 1 aromatic heterocycles. The first-order valence-corrected chi connectivity index (χ1v) is 7.71. The fourth-order valence-corrected chi connectivity index (χ4v) is 3.19. The molecule has 1 aromatic carbocycles. The zero-order chi connectivity index (χ0) is 14.9. The van der Waals surface area contributed by atoms with Gasteiger partial charge in [0.2, 0.25) is 0 Å². The highest BCUT2D eigenvalue weighted by Crippen LogP contribution is 2.23. The largest absolute Gasteiger partial charge is 0.277 e. The molecule has 0 unspecified atom stereocenters. The summed E-state index contributed by atoms with van der Waals surface area (Å²) < 4.78 is 41.8. The van der Waals surface area contributed by atoms with E-state index in [4.69, 9.17) is 11.6 Å². The van der Waals surface area contributed by atoms with Crippen LogP contribution in [0.5, 0.6) is 0 Å². The van der Waals surface area contributed by atoms with Crippen molar-refractivity contribution in [1.29, 1.82) is 0 Å². The van der Waals surface area contributed by atoms with Crippen LogP contribution in [0.4, 0.5) is 10.1 Å². The maximum atomic E-state index is 13.6. The maximum Gasteiger partial charge on any atom is 0.265 e. The van der Waals surface area contributed by atoms with Crippen LogP contribution in [-0.4, -0.2) is 18.2 Å². The van der Waals surface area contributed by atoms with Gasteiger partial charge < -0.3 is 0 Å². The van der Waals surface area contributed by atoms with E-state index in [1.165, 1.54) is 18.3 Å². The number of halogens is 2. The molecule has 1 N–H and O–H groups in total. The normalized spacial score (nSPS) is 11.6. The van der Waals surface area contributed by atoms with E-state index in [2.05, 4.69) is 9.82 Å². The zero-order valence-corrected chi connectivity index (χ0v) is 12.5. The summed E-state index contributed by atoms with van der Waals surface area (Å²) in [5.41, 5.74) is 0.340. The first kappa shape index (κ1) is 14.8. The minimum Gasteiger partial charge on any atom is -0.277 e. The average molecular weight is 318 g/mol. The lowest BCUT2D eigenvalue weighted by Crippen LogP contribution is -2.15. The third-order valence-electron chi connectivity index (χ3n) is 2.82. The molecule has 0 saturated carbocycles. The number of nitrogens with one attached hydrogen (secondary N) is 1. The molecule has 108 valence electrons. The number of benzene rings is 1.